The molecular formula is C12H11F2NO. The Morgan fingerprint density at radius 1 is 1.06 bits per heavy atom. The Labute approximate surface area is 91.7 Å². The van der Waals surface area contributed by atoms with E-state index < -0.39 is 5.92 Å². The molecule has 0 bridgehead atoms. The van der Waals surface area contributed by atoms with Crippen molar-refractivity contribution in [1.29, 1.82) is 0 Å². The molecular weight excluding hydrogens is 212 g/mol. The second-order valence-electron chi connectivity index (χ2n) is 3.61. The van der Waals surface area contributed by atoms with E-state index in [1.54, 1.807) is 6.92 Å². The van der Waals surface area contributed by atoms with Crippen LogP contribution in [0.2, 0.25) is 0 Å². The lowest BCUT2D eigenvalue weighted by molar-refractivity contribution is 0.0182. The molecule has 84 valence electrons. The minimum absolute atomic E-state index is 0.129. The number of rotatable bonds is 2. The average molecular weight is 223 g/mol. The zero-order valence-corrected chi connectivity index (χ0v) is 8.71. The molecule has 2 aromatic rings. The molecule has 0 amide bonds. The third kappa shape index (κ3) is 1.78. The molecule has 2 nitrogen and oxygen atoms in total. The maximum absolute atomic E-state index is 13.9. The van der Waals surface area contributed by atoms with Gasteiger partial charge in [0.05, 0.1) is 0 Å². The lowest BCUT2D eigenvalue weighted by Gasteiger charge is -2.14. The van der Waals surface area contributed by atoms with Crippen molar-refractivity contribution < 1.29 is 13.2 Å². The number of hydrogen-bond donors (Lipinski definition) is 1. The zero-order valence-electron chi connectivity index (χ0n) is 8.71. The summed E-state index contributed by atoms with van der Waals surface area (Å²) < 4.78 is 32.7. The van der Waals surface area contributed by atoms with Crippen LogP contribution >= 0.6 is 0 Å². The number of alkyl halides is 2. The van der Waals surface area contributed by atoms with Gasteiger partial charge in [-0.3, -0.25) is 0 Å². The third-order valence-corrected chi connectivity index (χ3v) is 2.32. The molecule has 2 rings (SSSR count). The van der Waals surface area contributed by atoms with E-state index in [1.165, 1.54) is 36.4 Å². The van der Waals surface area contributed by atoms with Crippen molar-refractivity contribution in [2.45, 2.75) is 12.8 Å². The van der Waals surface area contributed by atoms with Gasteiger partial charge in [0, 0.05) is 11.3 Å². The highest BCUT2D eigenvalue weighted by Gasteiger charge is 2.37. The topological polar surface area (TPSA) is 39.2 Å². The molecule has 1 aromatic carbocycles. The van der Waals surface area contributed by atoms with Gasteiger partial charge in [0.1, 0.15) is 5.76 Å². The fourth-order valence-corrected chi connectivity index (χ4v) is 1.44. The summed E-state index contributed by atoms with van der Waals surface area (Å²) >= 11 is 0. The van der Waals surface area contributed by atoms with Gasteiger partial charge in [0.2, 0.25) is 0 Å². The molecule has 1 aromatic heterocycles. The van der Waals surface area contributed by atoms with Crippen molar-refractivity contribution in [3.05, 3.63) is 53.5 Å². The van der Waals surface area contributed by atoms with E-state index in [4.69, 9.17) is 10.2 Å². The lowest BCUT2D eigenvalue weighted by Crippen LogP contribution is -2.14. The Morgan fingerprint density at radius 2 is 1.69 bits per heavy atom. The van der Waals surface area contributed by atoms with E-state index in [2.05, 4.69) is 0 Å². The van der Waals surface area contributed by atoms with Gasteiger partial charge in [-0.2, -0.15) is 8.78 Å². The lowest BCUT2D eigenvalue weighted by atomic mass is 10.1. The third-order valence-electron chi connectivity index (χ3n) is 2.32. The van der Waals surface area contributed by atoms with Crippen LogP contribution in [-0.4, -0.2) is 0 Å². The fourth-order valence-electron chi connectivity index (χ4n) is 1.44. The number of halogens is 2. The summed E-state index contributed by atoms with van der Waals surface area (Å²) in [7, 11) is 0. The molecule has 0 saturated heterocycles. The van der Waals surface area contributed by atoms with Crippen LogP contribution in [0, 0.1) is 6.92 Å². The monoisotopic (exact) mass is 223 g/mol. The van der Waals surface area contributed by atoms with Crippen LogP contribution in [0.3, 0.4) is 0 Å². The largest absolute Gasteiger partial charge is 0.460 e. The molecule has 0 atom stereocenters. The number of nitrogens with two attached hydrogens (primary N) is 1. The van der Waals surface area contributed by atoms with Crippen LogP contribution in [0.1, 0.15) is 17.1 Å². The molecule has 16 heavy (non-hydrogen) atoms. The standard InChI is InChI=1S/C12H11F2NO/c1-8-2-7-11(16-8)12(13,14)9-3-5-10(15)6-4-9/h2-7H,15H2,1H3. The summed E-state index contributed by atoms with van der Waals surface area (Å²) in [6.45, 7) is 1.63. The number of benzene rings is 1. The number of furan rings is 1. The van der Waals surface area contributed by atoms with Crippen LogP contribution in [0.4, 0.5) is 14.5 Å². The minimum atomic E-state index is -3.12. The Morgan fingerprint density at radius 3 is 2.19 bits per heavy atom. The first-order valence-corrected chi connectivity index (χ1v) is 4.81. The van der Waals surface area contributed by atoms with Crippen molar-refractivity contribution in [1.82, 2.24) is 0 Å². The first-order valence-electron chi connectivity index (χ1n) is 4.81. The molecule has 0 saturated carbocycles. The molecule has 4 heteroatoms. The highest BCUT2D eigenvalue weighted by molar-refractivity contribution is 5.42. The van der Waals surface area contributed by atoms with Crippen molar-refractivity contribution in [2.24, 2.45) is 0 Å². The molecule has 0 aliphatic carbocycles. The zero-order chi connectivity index (χ0) is 11.8. The van der Waals surface area contributed by atoms with Gasteiger partial charge in [0.15, 0.2) is 5.76 Å². The smallest absolute Gasteiger partial charge is 0.329 e. The maximum atomic E-state index is 13.9. The van der Waals surface area contributed by atoms with Gasteiger partial charge >= 0.3 is 5.92 Å². The summed E-state index contributed by atoms with van der Waals surface area (Å²) in [6.07, 6.45) is 0. The Balaban J connectivity index is 2.42. The molecule has 0 aliphatic heterocycles. The molecule has 2 N–H and O–H groups in total. The van der Waals surface area contributed by atoms with Crippen molar-refractivity contribution >= 4 is 5.69 Å². The predicted molar refractivity (Wildman–Crippen MR) is 57.3 cm³/mol. The normalized spacial score (nSPS) is 11.7. The van der Waals surface area contributed by atoms with E-state index in [1.807, 2.05) is 0 Å². The van der Waals surface area contributed by atoms with Crippen LogP contribution < -0.4 is 5.73 Å². The molecule has 0 fully saturated rings. The molecule has 0 spiro atoms. The second-order valence-corrected chi connectivity index (χ2v) is 3.61. The quantitative estimate of drug-likeness (QED) is 0.793. The second kappa shape index (κ2) is 3.63. The summed E-state index contributed by atoms with van der Waals surface area (Å²) in [4.78, 5) is 0. The van der Waals surface area contributed by atoms with Gasteiger partial charge in [0.25, 0.3) is 0 Å². The Hall–Kier alpha value is -1.84. The van der Waals surface area contributed by atoms with Crippen LogP contribution in [-0.2, 0) is 5.92 Å². The fraction of sp³-hybridized carbons (Fsp3) is 0.167. The van der Waals surface area contributed by atoms with Crippen molar-refractivity contribution in [3.63, 3.8) is 0 Å². The summed E-state index contributed by atoms with van der Waals surface area (Å²) in [6, 6.07) is 8.28. The van der Waals surface area contributed by atoms with E-state index in [-0.39, 0.29) is 11.3 Å². The number of anilines is 1. The van der Waals surface area contributed by atoms with Gasteiger partial charge < -0.3 is 10.2 Å². The highest BCUT2D eigenvalue weighted by Crippen LogP contribution is 2.36. The summed E-state index contributed by atoms with van der Waals surface area (Å²) in [5.41, 5.74) is 5.77. The highest BCUT2D eigenvalue weighted by atomic mass is 19.3. The summed E-state index contributed by atoms with van der Waals surface area (Å²) in [5.74, 6) is -3.01. The molecule has 0 aliphatic rings. The number of hydrogen-bond acceptors (Lipinski definition) is 2. The van der Waals surface area contributed by atoms with Crippen LogP contribution in [0.5, 0.6) is 0 Å². The predicted octanol–water partition coefficient (Wildman–Crippen LogP) is 3.31. The van der Waals surface area contributed by atoms with Gasteiger partial charge in [-0.25, -0.2) is 0 Å². The Kier molecular flexibility index (Phi) is 2.42. The van der Waals surface area contributed by atoms with Crippen molar-refractivity contribution in [3.8, 4) is 0 Å². The van der Waals surface area contributed by atoms with Crippen LogP contribution in [0.25, 0.3) is 0 Å². The van der Waals surface area contributed by atoms with E-state index in [0.717, 1.165) is 0 Å². The van der Waals surface area contributed by atoms with E-state index in [9.17, 15) is 8.78 Å². The number of aryl methyl sites for hydroxylation is 1. The van der Waals surface area contributed by atoms with E-state index in [0.29, 0.717) is 11.4 Å². The minimum Gasteiger partial charge on any atom is -0.460 e. The molecule has 1 heterocycles. The number of nitrogen functional groups attached to an aromatic ring is 1. The van der Waals surface area contributed by atoms with Gasteiger partial charge in [-0.1, -0.05) is 12.1 Å². The Bertz CT molecular complexity index is 488. The first-order chi connectivity index (χ1) is 7.50. The molecule has 0 radical (unpaired) electrons. The van der Waals surface area contributed by atoms with Gasteiger partial charge in [-0.05, 0) is 31.2 Å². The van der Waals surface area contributed by atoms with E-state index >= 15 is 0 Å². The maximum Gasteiger partial charge on any atom is 0.329 e. The van der Waals surface area contributed by atoms with Gasteiger partial charge in [-0.15, -0.1) is 0 Å². The van der Waals surface area contributed by atoms with Crippen LogP contribution in [0.15, 0.2) is 40.8 Å². The first kappa shape index (κ1) is 10.7. The van der Waals surface area contributed by atoms with Crippen molar-refractivity contribution in [2.75, 3.05) is 5.73 Å². The SMILES string of the molecule is Cc1ccc(C(F)(F)c2ccc(N)cc2)o1. The average Bonchev–Trinajstić information content (AvgIpc) is 2.66. The summed E-state index contributed by atoms with van der Waals surface area (Å²) in [5, 5.41) is 0. The molecule has 0 unspecified atom stereocenters.